The molecular formula is C14H17ClO3. The van der Waals surface area contributed by atoms with Gasteiger partial charge in [0.2, 0.25) is 5.24 Å². The fourth-order valence-electron chi connectivity index (χ4n) is 1.78. The van der Waals surface area contributed by atoms with Crippen molar-refractivity contribution in [3.05, 3.63) is 29.8 Å². The first-order valence-corrected chi connectivity index (χ1v) is 6.33. The van der Waals surface area contributed by atoms with Crippen LogP contribution in [0.4, 0.5) is 0 Å². The van der Waals surface area contributed by atoms with Crippen molar-refractivity contribution >= 4 is 22.8 Å². The topological polar surface area (TPSA) is 43.4 Å². The van der Waals surface area contributed by atoms with Gasteiger partial charge in [0, 0.05) is 0 Å². The molecule has 0 fully saturated rings. The van der Waals surface area contributed by atoms with Gasteiger partial charge in [-0.3, -0.25) is 9.59 Å². The van der Waals surface area contributed by atoms with Crippen LogP contribution in [0.1, 0.15) is 32.3 Å². The molecule has 0 unspecified atom stereocenters. The number of benzene rings is 1. The molecule has 1 aromatic carbocycles. The van der Waals surface area contributed by atoms with Crippen LogP contribution >= 0.6 is 11.6 Å². The quantitative estimate of drug-likeness (QED) is 0.355. The second-order valence-electron chi connectivity index (χ2n) is 4.27. The zero-order valence-corrected chi connectivity index (χ0v) is 11.6. The largest absolute Gasteiger partial charge is 0.426 e. The van der Waals surface area contributed by atoms with Crippen LogP contribution in [-0.2, 0) is 9.59 Å². The van der Waals surface area contributed by atoms with Crippen molar-refractivity contribution in [2.75, 3.05) is 0 Å². The molecule has 0 aliphatic heterocycles. The predicted octanol–water partition coefficient (Wildman–Crippen LogP) is 3.47. The first-order chi connectivity index (χ1) is 8.46. The lowest BCUT2D eigenvalue weighted by molar-refractivity contribution is -0.150. The van der Waals surface area contributed by atoms with E-state index in [9.17, 15) is 9.59 Å². The van der Waals surface area contributed by atoms with Crippen molar-refractivity contribution in [2.24, 2.45) is 5.41 Å². The van der Waals surface area contributed by atoms with Gasteiger partial charge in [0.05, 0.1) is 0 Å². The summed E-state index contributed by atoms with van der Waals surface area (Å²) in [5.41, 5.74) is -0.262. The van der Waals surface area contributed by atoms with E-state index in [-0.39, 0.29) is 0 Å². The van der Waals surface area contributed by atoms with Gasteiger partial charge >= 0.3 is 5.97 Å². The lowest BCUT2D eigenvalue weighted by Crippen LogP contribution is -2.39. The van der Waals surface area contributed by atoms with Crippen LogP contribution < -0.4 is 4.74 Å². The fourth-order valence-corrected chi connectivity index (χ4v) is 2.12. The Morgan fingerprint density at radius 2 is 1.89 bits per heavy atom. The molecule has 18 heavy (non-hydrogen) atoms. The highest BCUT2D eigenvalue weighted by Crippen LogP contribution is 2.31. The maximum Gasteiger partial charge on any atom is 0.326 e. The van der Waals surface area contributed by atoms with Gasteiger partial charge < -0.3 is 4.74 Å². The number of esters is 1. The minimum absolute atomic E-state index is 0.330. The highest BCUT2D eigenvalue weighted by Gasteiger charge is 2.43. The fraction of sp³-hybridized carbons (Fsp3) is 0.429. The summed E-state index contributed by atoms with van der Waals surface area (Å²) < 4.78 is 5.26. The Hall–Kier alpha value is -1.35. The molecule has 1 rings (SSSR count). The Kier molecular flexibility index (Phi) is 4.91. The lowest BCUT2D eigenvalue weighted by atomic mass is 9.84. The van der Waals surface area contributed by atoms with E-state index in [2.05, 4.69) is 0 Å². The minimum Gasteiger partial charge on any atom is -0.426 e. The first-order valence-electron chi connectivity index (χ1n) is 5.95. The van der Waals surface area contributed by atoms with E-state index in [4.69, 9.17) is 16.3 Å². The van der Waals surface area contributed by atoms with Gasteiger partial charge in [-0.1, -0.05) is 26.0 Å². The standard InChI is InChI=1S/C14H17ClO3/c1-4-14(5-2,12(15)16)13(17)18-11-8-6-7-10(3)9-11/h6-9H,4-5H2,1-3H3. The molecule has 98 valence electrons. The molecule has 3 nitrogen and oxygen atoms in total. The summed E-state index contributed by atoms with van der Waals surface area (Å²) in [4.78, 5) is 23.6. The maximum atomic E-state index is 12.1. The van der Waals surface area contributed by atoms with Gasteiger partial charge in [0.15, 0.2) is 0 Å². The SMILES string of the molecule is CCC(CC)(C(=O)Cl)C(=O)Oc1cccc(C)c1. The van der Waals surface area contributed by atoms with Crippen LogP contribution in [0.5, 0.6) is 5.75 Å². The van der Waals surface area contributed by atoms with Gasteiger partial charge in [-0.2, -0.15) is 0 Å². The average molecular weight is 269 g/mol. The normalized spacial score (nSPS) is 11.1. The van der Waals surface area contributed by atoms with Gasteiger partial charge in [0.25, 0.3) is 0 Å². The molecule has 0 saturated heterocycles. The number of carbonyl (C=O) groups excluding carboxylic acids is 2. The molecule has 0 aromatic heterocycles. The summed E-state index contributed by atoms with van der Waals surface area (Å²) in [7, 11) is 0. The van der Waals surface area contributed by atoms with Crippen LogP contribution in [0, 0.1) is 12.3 Å². The molecule has 0 saturated carbocycles. The molecular weight excluding hydrogens is 252 g/mol. The number of hydrogen-bond acceptors (Lipinski definition) is 3. The summed E-state index contributed by atoms with van der Waals surface area (Å²) >= 11 is 5.55. The van der Waals surface area contributed by atoms with E-state index in [1.165, 1.54) is 0 Å². The van der Waals surface area contributed by atoms with Crippen molar-refractivity contribution in [3.63, 3.8) is 0 Å². The van der Waals surface area contributed by atoms with Crippen LogP contribution in [0.15, 0.2) is 24.3 Å². The predicted molar refractivity (Wildman–Crippen MR) is 70.7 cm³/mol. The maximum absolute atomic E-state index is 12.1. The smallest absolute Gasteiger partial charge is 0.326 e. The molecule has 0 amide bonds. The number of aryl methyl sites for hydroxylation is 1. The molecule has 0 bridgehead atoms. The zero-order chi connectivity index (χ0) is 13.8. The zero-order valence-electron chi connectivity index (χ0n) is 10.8. The van der Waals surface area contributed by atoms with Crippen molar-refractivity contribution < 1.29 is 14.3 Å². The summed E-state index contributed by atoms with van der Waals surface area (Å²) in [6.07, 6.45) is 0.660. The number of carbonyl (C=O) groups is 2. The number of rotatable bonds is 5. The summed E-state index contributed by atoms with van der Waals surface area (Å²) in [6.45, 7) is 5.40. The molecule has 0 heterocycles. The Morgan fingerprint density at radius 1 is 1.28 bits per heavy atom. The Morgan fingerprint density at radius 3 is 2.33 bits per heavy atom. The van der Waals surface area contributed by atoms with E-state index in [0.29, 0.717) is 18.6 Å². The third-order valence-electron chi connectivity index (χ3n) is 3.17. The Labute approximate surface area is 112 Å². The Bertz CT molecular complexity index is 450. The molecule has 1 aromatic rings. The monoisotopic (exact) mass is 268 g/mol. The van der Waals surface area contributed by atoms with E-state index in [1.807, 2.05) is 13.0 Å². The third-order valence-corrected chi connectivity index (χ3v) is 3.54. The summed E-state index contributed by atoms with van der Waals surface area (Å²) in [6, 6.07) is 7.11. The lowest BCUT2D eigenvalue weighted by Gasteiger charge is -2.24. The molecule has 0 radical (unpaired) electrons. The van der Waals surface area contributed by atoms with E-state index < -0.39 is 16.6 Å². The molecule has 0 N–H and O–H groups in total. The molecule has 0 aliphatic rings. The highest BCUT2D eigenvalue weighted by molar-refractivity contribution is 6.66. The van der Waals surface area contributed by atoms with E-state index in [1.54, 1.807) is 32.0 Å². The number of ether oxygens (including phenoxy) is 1. The molecule has 0 atom stereocenters. The average Bonchev–Trinajstić information content (AvgIpc) is 2.30. The van der Waals surface area contributed by atoms with Crippen LogP contribution in [0.2, 0.25) is 0 Å². The van der Waals surface area contributed by atoms with Crippen LogP contribution in [0.25, 0.3) is 0 Å². The highest BCUT2D eigenvalue weighted by atomic mass is 35.5. The van der Waals surface area contributed by atoms with Gasteiger partial charge in [0.1, 0.15) is 11.2 Å². The van der Waals surface area contributed by atoms with Crippen LogP contribution in [0.3, 0.4) is 0 Å². The second kappa shape index (κ2) is 6.01. The third kappa shape index (κ3) is 2.91. The first kappa shape index (κ1) is 14.7. The van der Waals surface area contributed by atoms with Crippen molar-refractivity contribution in [3.8, 4) is 5.75 Å². The molecule has 0 aliphatic carbocycles. The van der Waals surface area contributed by atoms with Crippen LogP contribution in [-0.4, -0.2) is 11.2 Å². The van der Waals surface area contributed by atoms with Crippen molar-refractivity contribution in [2.45, 2.75) is 33.6 Å². The Balaban J connectivity index is 2.96. The minimum atomic E-state index is -1.24. The molecule has 0 spiro atoms. The van der Waals surface area contributed by atoms with E-state index >= 15 is 0 Å². The second-order valence-corrected chi connectivity index (χ2v) is 4.61. The number of halogens is 1. The van der Waals surface area contributed by atoms with Gasteiger partial charge in [-0.25, -0.2) is 0 Å². The molecule has 4 heteroatoms. The van der Waals surface area contributed by atoms with Gasteiger partial charge in [-0.05, 0) is 49.1 Å². The van der Waals surface area contributed by atoms with E-state index in [0.717, 1.165) is 5.56 Å². The number of hydrogen-bond donors (Lipinski definition) is 0. The van der Waals surface area contributed by atoms with Crippen molar-refractivity contribution in [1.29, 1.82) is 0 Å². The summed E-state index contributed by atoms with van der Waals surface area (Å²) in [5.74, 6) is -0.151. The summed E-state index contributed by atoms with van der Waals surface area (Å²) in [5, 5.41) is -0.662. The van der Waals surface area contributed by atoms with Gasteiger partial charge in [-0.15, -0.1) is 0 Å². The van der Waals surface area contributed by atoms with Crippen molar-refractivity contribution in [1.82, 2.24) is 0 Å².